The van der Waals surface area contributed by atoms with Crippen molar-refractivity contribution >= 4 is 17.5 Å². The number of hydrogen-bond acceptors (Lipinski definition) is 4. The van der Waals surface area contributed by atoms with Crippen molar-refractivity contribution < 1.29 is 9.18 Å². The van der Waals surface area contributed by atoms with Crippen LogP contribution in [-0.2, 0) is 0 Å². The lowest BCUT2D eigenvalue weighted by Gasteiger charge is -2.32. The molecule has 7 heteroatoms. The first kappa shape index (κ1) is 13.2. The van der Waals surface area contributed by atoms with Crippen LogP contribution in [0.25, 0.3) is 0 Å². The lowest BCUT2D eigenvalue weighted by atomic mass is 10.0. The molecule has 1 fully saturated rings. The number of likely N-dealkylation sites (tertiary alicyclic amines) is 1. The topological polar surface area (TPSA) is 58.1 Å². The summed E-state index contributed by atoms with van der Waals surface area (Å²) in [6.45, 7) is 1.09. The zero-order valence-corrected chi connectivity index (χ0v) is 10.7. The van der Waals surface area contributed by atoms with Gasteiger partial charge in [-0.15, -0.1) is 0 Å². The molecule has 0 spiro atoms. The number of hydrogen-bond donors (Lipinski definition) is 1. The smallest absolute Gasteiger partial charge is 0.270 e. The molecule has 0 saturated carbocycles. The second-order valence-electron chi connectivity index (χ2n) is 4.36. The van der Waals surface area contributed by atoms with Crippen LogP contribution in [0.5, 0.6) is 0 Å². The van der Waals surface area contributed by atoms with Gasteiger partial charge in [-0.05, 0) is 31.1 Å². The summed E-state index contributed by atoms with van der Waals surface area (Å²) in [5.41, 5.74) is 0.154. The van der Waals surface area contributed by atoms with Crippen LogP contribution < -0.4 is 5.32 Å². The van der Waals surface area contributed by atoms with Crippen molar-refractivity contribution in [3.8, 4) is 0 Å². The van der Waals surface area contributed by atoms with Gasteiger partial charge in [0.05, 0.1) is 6.04 Å². The van der Waals surface area contributed by atoms with Gasteiger partial charge in [-0.25, -0.2) is 14.4 Å². The van der Waals surface area contributed by atoms with Crippen molar-refractivity contribution in [1.82, 2.24) is 20.2 Å². The number of aromatic nitrogens is 2. The highest BCUT2D eigenvalue weighted by molar-refractivity contribution is 6.28. The average molecular weight is 273 g/mol. The van der Waals surface area contributed by atoms with Crippen LogP contribution in [-0.4, -0.2) is 53.1 Å². The normalized spacial score (nSPS) is 24.8. The highest BCUT2D eigenvalue weighted by Gasteiger charge is 2.29. The van der Waals surface area contributed by atoms with E-state index in [1.807, 2.05) is 11.9 Å². The van der Waals surface area contributed by atoms with E-state index in [1.165, 1.54) is 12.3 Å². The van der Waals surface area contributed by atoms with E-state index in [9.17, 15) is 9.18 Å². The molecule has 0 radical (unpaired) electrons. The fourth-order valence-corrected chi connectivity index (χ4v) is 2.07. The number of carbonyl (C=O) groups excluding carboxylic acids is 1. The summed E-state index contributed by atoms with van der Waals surface area (Å²) in [4.78, 5) is 21.2. The Labute approximate surface area is 109 Å². The zero-order chi connectivity index (χ0) is 13.1. The molecule has 5 nitrogen and oxygen atoms in total. The molecule has 0 bridgehead atoms. The number of nitrogens with one attached hydrogen (secondary N) is 1. The molecule has 2 rings (SSSR count). The third-order valence-corrected chi connectivity index (χ3v) is 3.10. The molecule has 1 N–H and O–H groups in total. The highest BCUT2D eigenvalue weighted by Crippen LogP contribution is 2.13. The van der Waals surface area contributed by atoms with Crippen molar-refractivity contribution in [1.29, 1.82) is 0 Å². The third kappa shape index (κ3) is 3.14. The number of nitrogens with zero attached hydrogens (tertiary/aromatic N) is 3. The molecule has 1 unspecified atom stereocenters. The maximum Gasteiger partial charge on any atom is 0.270 e. The van der Waals surface area contributed by atoms with Gasteiger partial charge in [0.1, 0.15) is 11.9 Å². The van der Waals surface area contributed by atoms with Gasteiger partial charge in [0.15, 0.2) is 0 Å². The summed E-state index contributed by atoms with van der Waals surface area (Å²) >= 11 is 5.60. The first-order valence-electron chi connectivity index (χ1n) is 5.68. The Morgan fingerprint density at radius 2 is 2.44 bits per heavy atom. The summed E-state index contributed by atoms with van der Waals surface area (Å²) < 4.78 is 13.7. The summed E-state index contributed by atoms with van der Waals surface area (Å²) in [5, 5.41) is 2.65. The second kappa shape index (κ2) is 5.58. The van der Waals surface area contributed by atoms with Crippen LogP contribution in [0.15, 0.2) is 12.3 Å². The number of halogens is 2. The number of rotatable bonds is 2. The second-order valence-corrected chi connectivity index (χ2v) is 4.70. The Morgan fingerprint density at radius 1 is 1.67 bits per heavy atom. The van der Waals surface area contributed by atoms with Gasteiger partial charge in [0, 0.05) is 19.3 Å². The molecule has 1 aliphatic rings. The number of piperidine rings is 1. The first-order chi connectivity index (χ1) is 8.56. The van der Waals surface area contributed by atoms with E-state index in [4.69, 9.17) is 11.6 Å². The van der Waals surface area contributed by atoms with Crippen LogP contribution in [0.3, 0.4) is 0 Å². The predicted octanol–water partition coefficient (Wildman–Crippen LogP) is 0.902. The molecule has 0 aliphatic carbocycles. The molecular weight excluding hydrogens is 259 g/mol. The molecular formula is C11H14ClFN4O. The predicted molar refractivity (Wildman–Crippen MR) is 65.3 cm³/mol. The van der Waals surface area contributed by atoms with Gasteiger partial charge >= 0.3 is 0 Å². The molecule has 2 heterocycles. The summed E-state index contributed by atoms with van der Waals surface area (Å²) in [5.74, 6) is -0.420. The van der Waals surface area contributed by atoms with E-state index in [1.54, 1.807) is 0 Å². The molecule has 1 saturated heterocycles. The summed E-state index contributed by atoms with van der Waals surface area (Å²) in [6.07, 6.45) is 0.915. The van der Waals surface area contributed by atoms with Crippen LogP contribution in [0, 0.1) is 0 Å². The Bertz CT molecular complexity index is 445. The molecule has 18 heavy (non-hydrogen) atoms. The molecule has 0 aromatic carbocycles. The van der Waals surface area contributed by atoms with Crippen molar-refractivity contribution in [2.24, 2.45) is 0 Å². The molecule has 2 atom stereocenters. The number of amides is 1. The van der Waals surface area contributed by atoms with Crippen LogP contribution >= 0.6 is 11.6 Å². The van der Waals surface area contributed by atoms with Gasteiger partial charge in [-0.2, -0.15) is 0 Å². The number of carbonyl (C=O) groups is 1. The minimum absolute atomic E-state index is 0.00262. The van der Waals surface area contributed by atoms with E-state index in [-0.39, 0.29) is 11.0 Å². The molecule has 1 aromatic heterocycles. The van der Waals surface area contributed by atoms with Gasteiger partial charge in [-0.1, -0.05) is 0 Å². The Balaban J connectivity index is 1.99. The van der Waals surface area contributed by atoms with E-state index in [0.29, 0.717) is 13.0 Å². The van der Waals surface area contributed by atoms with Crippen LogP contribution in [0.4, 0.5) is 4.39 Å². The summed E-state index contributed by atoms with van der Waals surface area (Å²) in [6, 6.07) is 0.978. The van der Waals surface area contributed by atoms with Crippen molar-refractivity contribution in [3.05, 3.63) is 23.2 Å². The quantitative estimate of drug-likeness (QED) is 0.813. The third-order valence-electron chi connectivity index (χ3n) is 2.92. The monoisotopic (exact) mass is 272 g/mol. The fourth-order valence-electron chi connectivity index (χ4n) is 1.92. The first-order valence-corrected chi connectivity index (χ1v) is 6.06. The highest BCUT2D eigenvalue weighted by atomic mass is 35.5. The summed E-state index contributed by atoms with van der Waals surface area (Å²) in [7, 11) is 1.86. The van der Waals surface area contributed by atoms with Gasteiger partial charge < -0.3 is 10.2 Å². The maximum atomic E-state index is 13.7. The van der Waals surface area contributed by atoms with E-state index in [0.717, 1.165) is 6.54 Å². The van der Waals surface area contributed by atoms with Gasteiger partial charge in [0.25, 0.3) is 5.91 Å². The average Bonchev–Trinajstić information content (AvgIpc) is 2.32. The van der Waals surface area contributed by atoms with Crippen LogP contribution in [0.1, 0.15) is 16.9 Å². The van der Waals surface area contributed by atoms with Crippen molar-refractivity contribution in [2.45, 2.75) is 18.6 Å². The van der Waals surface area contributed by atoms with Crippen LogP contribution in [0.2, 0.25) is 5.28 Å². The largest absolute Gasteiger partial charge is 0.345 e. The molecule has 1 aromatic rings. The standard InChI is InChI=1S/C11H14ClFN4O/c1-17-5-3-8(7(13)6-17)15-10(18)9-2-4-14-11(12)16-9/h2,4,7-8H,3,5-6H2,1H3,(H,15,18)/t7-,8?/m1/s1. The number of alkyl halides is 1. The van der Waals surface area contributed by atoms with Gasteiger partial charge in [0.2, 0.25) is 5.28 Å². The Morgan fingerprint density at radius 3 is 3.11 bits per heavy atom. The van der Waals surface area contributed by atoms with E-state index in [2.05, 4.69) is 15.3 Å². The van der Waals surface area contributed by atoms with Gasteiger partial charge in [-0.3, -0.25) is 4.79 Å². The SMILES string of the molecule is CN1CCC(NC(=O)c2ccnc(Cl)n2)[C@H](F)C1. The van der Waals surface area contributed by atoms with Crippen molar-refractivity contribution in [3.63, 3.8) is 0 Å². The maximum absolute atomic E-state index is 13.7. The zero-order valence-electron chi connectivity index (χ0n) is 9.94. The van der Waals surface area contributed by atoms with E-state index >= 15 is 0 Å². The molecule has 1 amide bonds. The Hall–Kier alpha value is -1.27. The Kier molecular flexibility index (Phi) is 4.08. The molecule has 98 valence electrons. The lowest BCUT2D eigenvalue weighted by Crippen LogP contribution is -2.51. The molecule has 1 aliphatic heterocycles. The lowest BCUT2D eigenvalue weighted by molar-refractivity contribution is 0.0817. The fraction of sp³-hybridized carbons (Fsp3) is 0.545. The minimum Gasteiger partial charge on any atom is -0.345 e. The van der Waals surface area contributed by atoms with Crippen molar-refractivity contribution in [2.75, 3.05) is 20.1 Å². The van der Waals surface area contributed by atoms with E-state index < -0.39 is 18.1 Å². The minimum atomic E-state index is -1.06.